The van der Waals surface area contributed by atoms with Gasteiger partial charge in [0, 0.05) is 6.08 Å². The van der Waals surface area contributed by atoms with Crippen LogP contribution in [-0.2, 0) is 14.3 Å². The van der Waals surface area contributed by atoms with Crippen LogP contribution in [0.3, 0.4) is 0 Å². The SMILES string of the molecule is C=CC(=O)OCCOC(=O)c1ccc2c(C(=O)O)c(C(=O)O)ccc2c1. The van der Waals surface area contributed by atoms with Gasteiger partial charge in [-0.1, -0.05) is 18.7 Å². The summed E-state index contributed by atoms with van der Waals surface area (Å²) in [6, 6.07) is 6.65. The number of carbonyl (C=O) groups excluding carboxylic acids is 2. The molecule has 0 saturated carbocycles. The van der Waals surface area contributed by atoms with Crippen LogP contribution in [0.4, 0.5) is 0 Å². The van der Waals surface area contributed by atoms with Gasteiger partial charge >= 0.3 is 23.9 Å². The van der Waals surface area contributed by atoms with Gasteiger partial charge in [-0.2, -0.15) is 0 Å². The van der Waals surface area contributed by atoms with Crippen LogP contribution < -0.4 is 0 Å². The van der Waals surface area contributed by atoms with Gasteiger partial charge < -0.3 is 19.7 Å². The highest BCUT2D eigenvalue weighted by Crippen LogP contribution is 2.24. The van der Waals surface area contributed by atoms with E-state index < -0.39 is 23.9 Å². The molecule has 0 aliphatic carbocycles. The normalized spacial score (nSPS) is 10.2. The van der Waals surface area contributed by atoms with Crippen LogP contribution in [0.25, 0.3) is 10.8 Å². The lowest BCUT2D eigenvalue weighted by atomic mass is 9.97. The summed E-state index contributed by atoms with van der Waals surface area (Å²) in [7, 11) is 0. The number of esters is 2. The summed E-state index contributed by atoms with van der Waals surface area (Å²) < 4.78 is 9.62. The van der Waals surface area contributed by atoms with E-state index in [1.165, 1.54) is 24.3 Å². The molecule has 2 aromatic rings. The zero-order valence-electron chi connectivity index (χ0n) is 13.4. The van der Waals surface area contributed by atoms with Crippen molar-refractivity contribution >= 4 is 34.6 Å². The Balaban J connectivity index is 2.23. The highest BCUT2D eigenvalue weighted by atomic mass is 16.6. The van der Waals surface area contributed by atoms with Gasteiger partial charge in [-0.25, -0.2) is 19.2 Å². The lowest BCUT2D eigenvalue weighted by molar-refractivity contribution is -0.138. The zero-order chi connectivity index (χ0) is 19.3. The third-order valence-electron chi connectivity index (χ3n) is 3.43. The van der Waals surface area contributed by atoms with Gasteiger partial charge in [-0.3, -0.25) is 0 Å². The Morgan fingerprint density at radius 1 is 0.962 bits per heavy atom. The zero-order valence-corrected chi connectivity index (χ0v) is 13.4. The molecule has 2 N–H and O–H groups in total. The van der Waals surface area contributed by atoms with Gasteiger partial charge in [0.2, 0.25) is 0 Å². The van der Waals surface area contributed by atoms with Crippen LogP contribution >= 0.6 is 0 Å². The van der Waals surface area contributed by atoms with E-state index in [2.05, 4.69) is 11.3 Å². The van der Waals surface area contributed by atoms with Crippen LogP contribution in [0.5, 0.6) is 0 Å². The van der Waals surface area contributed by atoms with E-state index in [1.807, 2.05) is 0 Å². The number of carboxylic acids is 2. The van der Waals surface area contributed by atoms with Crippen molar-refractivity contribution in [2.24, 2.45) is 0 Å². The van der Waals surface area contributed by atoms with Crippen molar-refractivity contribution in [2.45, 2.75) is 0 Å². The number of ether oxygens (including phenoxy) is 2. The molecule has 134 valence electrons. The molecule has 2 rings (SSSR count). The fraction of sp³-hybridized carbons (Fsp3) is 0.111. The van der Waals surface area contributed by atoms with E-state index in [0.29, 0.717) is 5.39 Å². The second-order valence-electron chi connectivity index (χ2n) is 5.04. The fourth-order valence-corrected chi connectivity index (χ4v) is 2.28. The molecular formula is C18H14O8. The van der Waals surface area contributed by atoms with Gasteiger partial charge in [0.1, 0.15) is 13.2 Å². The van der Waals surface area contributed by atoms with E-state index in [1.54, 1.807) is 0 Å². The topological polar surface area (TPSA) is 127 Å². The van der Waals surface area contributed by atoms with E-state index in [9.17, 15) is 24.3 Å². The number of hydrogen-bond donors (Lipinski definition) is 2. The average molecular weight is 358 g/mol. The standard InChI is InChI=1S/C18H14O8/c1-2-14(19)25-7-8-26-18(24)11-4-5-12-10(9-11)3-6-13(16(20)21)15(12)17(22)23/h2-6,9H,1,7-8H2,(H,20,21)(H,22,23). The number of hydrogen-bond acceptors (Lipinski definition) is 6. The summed E-state index contributed by atoms with van der Waals surface area (Å²) in [6.07, 6.45) is 0.983. The third kappa shape index (κ3) is 4.04. The molecule has 0 aliphatic rings. The minimum atomic E-state index is -1.38. The second-order valence-corrected chi connectivity index (χ2v) is 5.04. The van der Waals surface area contributed by atoms with Crippen LogP contribution in [-0.4, -0.2) is 47.3 Å². The average Bonchev–Trinajstić information content (AvgIpc) is 2.62. The lowest BCUT2D eigenvalue weighted by Crippen LogP contribution is -2.13. The van der Waals surface area contributed by atoms with Gasteiger partial charge in [0.15, 0.2) is 0 Å². The lowest BCUT2D eigenvalue weighted by Gasteiger charge is -2.09. The Morgan fingerprint density at radius 3 is 2.27 bits per heavy atom. The summed E-state index contributed by atoms with van der Waals surface area (Å²) in [5.74, 6) is -4.07. The first kappa shape index (κ1) is 18.7. The Morgan fingerprint density at radius 2 is 1.65 bits per heavy atom. The molecule has 0 atom stereocenters. The number of aromatic carboxylic acids is 2. The molecule has 0 bridgehead atoms. The molecule has 8 nitrogen and oxygen atoms in total. The molecule has 0 aromatic heterocycles. The molecule has 2 aromatic carbocycles. The third-order valence-corrected chi connectivity index (χ3v) is 3.43. The van der Waals surface area contributed by atoms with Gasteiger partial charge in [0.25, 0.3) is 0 Å². The number of carbonyl (C=O) groups is 4. The molecule has 0 unspecified atom stereocenters. The summed E-state index contributed by atoms with van der Waals surface area (Å²) in [4.78, 5) is 45.5. The Labute approximate surface area is 147 Å². The molecule has 0 spiro atoms. The largest absolute Gasteiger partial charge is 0.478 e. The summed E-state index contributed by atoms with van der Waals surface area (Å²) in [6.45, 7) is 2.94. The maximum absolute atomic E-state index is 12.0. The number of benzene rings is 2. The van der Waals surface area contributed by atoms with Gasteiger partial charge in [0.05, 0.1) is 16.7 Å². The maximum Gasteiger partial charge on any atom is 0.338 e. The van der Waals surface area contributed by atoms with E-state index in [4.69, 9.17) is 9.84 Å². The molecule has 8 heteroatoms. The highest BCUT2D eigenvalue weighted by molar-refractivity contribution is 6.12. The van der Waals surface area contributed by atoms with Crippen LogP contribution in [0, 0.1) is 0 Å². The second kappa shape index (κ2) is 7.93. The van der Waals surface area contributed by atoms with Crippen molar-refractivity contribution in [1.82, 2.24) is 0 Å². The number of carboxylic acid groups (broad SMARTS) is 2. The molecule has 0 aliphatic heterocycles. The first-order valence-electron chi connectivity index (χ1n) is 7.34. The first-order valence-corrected chi connectivity index (χ1v) is 7.34. The highest BCUT2D eigenvalue weighted by Gasteiger charge is 2.20. The molecule has 0 heterocycles. The van der Waals surface area contributed by atoms with Crippen molar-refractivity contribution in [3.8, 4) is 0 Å². The van der Waals surface area contributed by atoms with Crippen LogP contribution in [0.2, 0.25) is 0 Å². The number of fused-ring (bicyclic) bond motifs is 1. The molecule has 0 saturated heterocycles. The van der Waals surface area contributed by atoms with Crippen molar-refractivity contribution in [1.29, 1.82) is 0 Å². The van der Waals surface area contributed by atoms with Crippen molar-refractivity contribution in [3.63, 3.8) is 0 Å². The monoisotopic (exact) mass is 358 g/mol. The predicted octanol–water partition coefficient (Wildman–Crippen LogP) is 2.12. The molecule has 0 radical (unpaired) electrons. The summed E-state index contributed by atoms with van der Waals surface area (Å²) in [5.41, 5.74) is -0.553. The minimum absolute atomic E-state index is 0.130. The quantitative estimate of drug-likeness (QED) is 0.438. The van der Waals surface area contributed by atoms with Gasteiger partial charge in [-0.05, 0) is 29.0 Å². The maximum atomic E-state index is 12.0. The molecular weight excluding hydrogens is 344 g/mol. The van der Waals surface area contributed by atoms with Crippen molar-refractivity contribution in [2.75, 3.05) is 13.2 Å². The van der Waals surface area contributed by atoms with E-state index in [-0.39, 0.29) is 35.3 Å². The van der Waals surface area contributed by atoms with Crippen molar-refractivity contribution in [3.05, 3.63) is 59.7 Å². The number of rotatable bonds is 7. The first-order chi connectivity index (χ1) is 12.3. The van der Waals surface area contributed by atoms with Gasteiger partial charge in [-0.15, -0.1) is 0 Å². The van der Waals surface area contributed by atoms with Crippen LogP contribution in [0.15, 0.2) is 43.0 Å². The fourth-order valence-electron chi connectivity index (χ4n) is 2.28. The Bertz CT molecular complexity index is 913. The summed E-state index contributed by atoms with van der Waals surface area (Å²) in [5, 5.41) is 19.0. The van der Waals surface area contributed by atoms with Crippen LogP contribution in [0.1, 0.15) is 31.1 Å². The van der Waals surface area contributed by atoms with E-state index in [0.717, 1.165) is 12.1 Å². The molecule has 26 heavy (non-hydrogen) atoms. The minimum Gasteiger partial charge on any atom is -0.478 e. The Hall–Kier alpha value is -3.68. The smallest absolute Gasteiger partial charge is 0.338 e. The predicted molar refractivity (Wildman–Crippen MR) is 89.3 cm³/mol. The molecule has 0 fully saturated rings. The van der Waals surface area contributed by atoms with E-state index >= 15 is 0 Å². The summed E-state index contributed by atoms with van der Waals surface area (Å²) >= 11 is 0. The molecule has 0 amide bonds. The van der Waals surface area contributed by atoms with Crippen molar-refractivity contribution < 1.29 is 38.9 Å². The Kier molecular flexibility index (Phi) is 5.69.